The van der Waals surface area contributed by atoms with E-state index in [2.05, 4.69) is 73.1 Å². The third-order valence-corrected chi connectivity index (χ3v) is 12.3. The molecule has 2 aromatic heterocycles. The predicted octanol–water partition coefficient (Wildman–Crippen LogP) is 5.35. The molecule has 29 heteroatoms. The fourth-order valence-electron chi connectivity index (χ4n) is 7.89. The molecule has 484 valence electrons. The number of nitrogens with zero attached hydrogens (tertiary/aromatic N) is 2. The highest BCUT2D eigenvalue weighted by Crippen LogP contribution is 2.07. The smallest absolute Gasteiger partial charge is 0.407 e. The summed E-state index contributed by atoms with van der Waals surface area (Å²) in [6.07, 6.45) is 17.7. The number of rotatable bonds is 52. The standard InChI is InChI=1S/C56H100N14O15/c1-45-43-47(71)67-49(65-45)69-53(75)61-27-19-13-11-17-25-59-51(73)57-23-15-7-3-5-9-21-29-63-55(77)84-41-39-82-37-35-80-33-31-79-32-34-81-36-38-83-40-42-85-56(78)64-30-22-10-6-4-8-16-24-58-52(74)60-26-18-12-14-20-28-62-54(76)70-50-66-46(2)44-48(72)68-50/h43-44H,3-42H2,1-2H3,(H,63,77)(H,64,78)(H2,57,59,73)(H2,58,60,74)(H3,61,65,67,69,71,75)(H3,62,66,68,70,72,76). The van der Waals surface area contributed by atoms with E-state index in [1.807, 2.05) is 0 Å². The number of carbonyl (C=O) groups is 6. The molecule has 0 fully saturated rings. The van der Waals surface area contributed by atoms with Crippen LogP contribution in [0.4, 0.5) is 40.7 Å². The average Bonchev–Trinajstić information content (AvgIpc) is 3.63. The molecule has 85 heavy (non-hydrogen) atoms. The van der Waals surface area contributed by atoms with Crippen molar-refractivity contribution in [1.29, 1.82) is 0 Å². The van der Waals surface area contributed by atoms with Crippen molar-refractivity contribution < 1.29 is 61.9 Å². The Morgan fingerprint density at radius 1 is 0.329 bits per heavy atom. The number of anilines is 2. The first kappa shape index (κ1) is 74.3. The van der Waals surface area contributed by atoms with Crippen molar-refractivity contribution in [2.24, 2.45) is 0 Å². The quantitative estimate of drug-likeness (QED) is 0.0371. The van der Waals surface area contributed by atoms with Crippen LogP contribution < -0.4 is 64.3 Å². The van der Waals surface area contributed by atoms with Crippen LogP contribution >= 0.6 is 0 Å². The number of nitrogens with one attached hydrogen (secondary N) is 12. The zero-order chi connectivity index (χ0) is 61.5. The highest BCUT2D eigenvalue weighted by atomic mass is 16.6. The maximum Gasteiger partial charge on any atom is 0.407 e. The summed E-state index contributed by atoms with van der Waals surface area (Å²) in [7, 11) is 0. The van der Waals surface area contributed by atoms with Gasteiger partial charge in [0.15, 0.2) is 0 Å². The first-order chi connectivity index (χ1) is 41.4. The number of aromatic amines is 2. The summed E-state index contributed by atoms with van der Waals surface area (Å²) in [6.45, 7) is 11.8. The second-order valence-corrected chi connectivity index (χ2v) is 19.9. The van der Waals surface area contributed by atoms with E-state index in [4.69, 9.17) is 33.2 Å². The van der Waals surface area contributed by atoms with E-state index >= 15 is 0 Å². The Balaban J connectivity index is 1.18. The fraction of sp³-hybridized carbons (Fsp3) is 0.750. The van der Waals surface area contributed by atoms with E-state index in [1.54, 1.807) is 13.8 Å². The Morgan fingerprint density at radius 2 is 0.553 bits per heavy atom. The maximum atomic E-state index is 12.0. The number of amides is 10. The average molecular weight is 1210 g/mol. The number of aryl methyl sites for hydroxylation is 2. The van der Waals surface area contributed by atoms with Gasteiger partial charge in [-0.05, 0) is 65.2 Å². The molecule has 0 aromatic carbocycles. The molecule has 2 aromatic rings. The maximum absolute atomic E-state index is 12.0. The van der Waals surface area contributed by atoms with Gasteiger partial charge < -0.3 is 75.7 Å². The first-order valence-electron chi connectivity index (χ1n) is 30.4. The lowest BCUT2D eigenvalue weighted by molar-refractivity contribution is -0.0161. The molecule has 0 unspecified atom stereocenters. The van der Waals surface area contributed by atoms with Gasteiger partial charge in [-0.25, -0.2) is 38.7 Å². The number of H-pyrrole nitrogens is 2. The highest BCUT2D eigenvalue weighted by molar-refractivity contribution is 5.87. The number of urea groups is 4. The minimum Gasteiger partial charge on any atom is -0.447 e. The van der Waals surface area contributed by atoms with Crippen molar-refractivity contribution in [3.05, 3.63) is 44.2 Å². The lowest BCUT2D eigenvalue weighted by Gasteiger charge is -2.09. The Bertz CT molecular complexity index is 2060. The summed E-state index contributed by atoms with van der Waals surface area (Å²) in [4.78, 5) is 108. The molecule has 0 bridgehead atoms. The molecular formula is C56H100N14O15. The van der Waals surface area contributed by atoms with Gasteiger partial charge in [0.05, 0.1) is 66.1 Å². The lowest BCUT2D eigenvalue weighted by atomic mass is 10.1. The van der Waals surface area contributed by atoms with Crippen LogP contribution in [0.1, 0.15) is 140 Å². The van der Waals surface area contributed by atoms with Crippen LogP contribution in [0, 0.1) is 13.8 Å². The van der Waals surface area contributed by atoms with E-state index in [-0.39, 0.29) is 61.5 Å². The van der Waals surface area contributed by atoms with Gasteiger partial charge in [-0.3, -0.25) is 30.2 Å². The van der Waals surface area contributed by atoms with Crippen molar-refractivity contribution in [2.75, 3.05) is 142 Å². The number of carbonyl (C=O) groups excluding carboxylic acids is 6. The Morgan fingerprint density at radius 3 is 0.812 bits per heavy atom. The molecule has 0 aliphatic rings. The minimum atomic E-state index is -0.467. The zero-order valence-corrected chi connectivity index (χ0v) is 50.5. The molecule has 12 N–H and O–H groups in total. The molecule has 2 rings (SSSR count). The minimum absolute atomic E-state index is 0.108. The second-order valence-electron chi connectivity index (χ2n) is 19.9. The molecule has 0 spiro atoms. The highest BCUT2D eigenvalue weighted by Gasteiger charge is 2.08. The van der Waals surface area contributed by atoms with Gasteiger partial charge in [0, 0.05) is 75.9 Å². The van der Waals surface area contributed by atoms with Crippen molar-refractivity contribution in [1.82, 2.24) is 62.5 Å². The predicted molar refractivity (Wildman–Crippen MR) is 321 cm³/mol. The SMILES string of the molecule is Cc1cc(=O)[nH]c(NC(=O)NCCCCCCNC(=O)NCCCCCCCCNC(=O)OCCOCCOCCOCCOCCOCCOC(=O)NCCCCCCCCNC(=O)NCCCCCCNC(=O)Nc2nc(C)cc(=O)[nH]2)n1. The van der Waals surface area contributed by atoms with Crippen LogP contribution in [0.15, 0.2) is 21.7 Å². The van der Waals surface area contributed by atoms with Crippen LogP contribution in [-0.4, -0.2) is 188 Å². The normalized spacial score (nSPS) is 10.8. The van der Waals surface area contributed by atoms with Crippen LogP contribution in [0.5, 0.6) is 0 Å². The summed E-state index contributed by atoms with van der Waals surface area (Å²) < 4.78 is 37.7. The summed E-state index contributed by atoms with van der Waals surface area (Å²) >= 11 is 0. The molecule has 0 aliphatic heterocycles. The zero-order valence-electron chi connectivity index (χ0n) is 50.5. The van der Waals surface area contributed by atoms with Gasteiger partial charge >= 0.3 is 36.3 Å². The van der Waals surface area contributed by atoms with Gasteiger partial charge in [-0.1, -0.05) is 77.0 Å². The summed E-state index contributed by atoms with van der Waals surface area (Å²) in [5.41, 5.74) is 0.372. The monoisotopic (exact) mass is 1210 g/mol. The van der Waals surface area contributed by atoms with E-state index in [0.717, 1.165) is 128 Å². The molecule has 0 aliphatic carbocycles. The third-order valence-electron chi connectivity index (χ3n) is 12.3. The van der Waals surface area contributed by atoms with E-state index in [0.29, 0.717) is 117 Å². The van der Waals surface area contributed by atoms with Gasteiger partial charge in [0.2, 0.25) is 11.9 Å². The van der Waals surface area contributed by atoms with Crippen LogP contribution in [0.3, 0.4) is 0 Å². The molecule has 0 saturated heterocycles. The number of alkyl carbamates (subject to hydrolysis) is 2. The molecule has 0 saturated carbocycles. The molecule has 10 amide bonds. The molecular weight excluding hydrogens is 1110 g/mol. The van der Waals surface area contributed by atoms with Gasteiger partial charge in [-0.15, -0.1) is 0 Å². The topological polar surface area (TPSA) is 379 Å². The number of unbranched alkanes of at least 4 members (excludes halogenated alkanes) is 16. The van der Waals surface area contributed by atoms with E-state index < -0.39 is 24.2 Å². The Labute approximate surface area is 499 Å². The fourth-order valence-corrected chi connectivity index (χ4v) is 7.89. The van der Waals surface area contributed by atoms with Gasteiger partial charge in [0.25, 0.3) is 11.1 Å². The van der Waals surface area contributed by atoms with Crippen LogP contribution in [-0.2, 0) is 33.2 Å². The number of hydrogen-bond donors (Lipinski definition) is 12. The lowest BCUT2D eigenvalue weighted by Crippen LogP contribution is -2.36. The molecule has 29 nitrogen and oxygen atoms in total. The molecule has 0 atom stereocenters. The van der Waals surface area contributed by atoms with Crippen molar-refractivity contribution in [2.45, 2.75) is 142 Å². The first-order valence-corrected chi connectivity index (χ1v) is 30.4. The Hall–Kier alpha value is -6.82. The van der Waals surface area contributed by atoms with E-state index in [1.165, 1.54) is 12.1 Å². The summed E-state index contributed by atoms with van der Waals surface area (Å²) in [6, 6.07) is 1.49. The summed E-state index contributed by atoms with van der Waals surface area (Å²) in [5, 5.41) is 27.5. The third kappa shape index (κ3) is 48.2. The molecule has 2 heterocycles. The van der Waals surface area contributed by atoms with Crippen molar-refractivity contribution in [3.8, 4) is 0 Å². The number of hydrogen-bond acceptors (Lipinski definition) is 17. The molecule has 0 radical (unpaired) electrons. The number of ether oxygens (including phenoxy) is 7. The van der Waals surface area contributed by atoms with Crippen molar-refractivity contribution >= 4 is 48.2 Å². The van der Waals surface area contributed by atoms with E-state index in [9.17, 15) is 38.4 Å². The number of aromatic nitrogens is 4. The van der Waals surface area contributed by atoms with Gasteiger partial charge in [0.1, 0.15) is 13.2 Å². The second kappa shape index (κ2) is 52.7. The van der Waals surface area contributed by atoms with Gasteiger partial charge in [-0.2, -0.15) is 0 Å². The van der Waals surface area contributed by atoms with Crippen molar-refractivity contribution in [3.63, 3.8) is 0 Å². The van der Waals surface area contributed by atoms with Crippen LogP contribution in [0.25, 0.3) is 0 Å². The summed E-state index contributed by atoms with van der Waals surface area (Å²) in [5.74, 6) is 0.216. The largest absolute Gasteiger partial charge is 0.447 e. The Kier molecular flexibility index (Phi) is 46.1. The van der Waals surface area contributed by atoms with Crippen LogP contribution in [0.2, 0.25) is 0 Å².